The van der Waals surface area contributed by atoms with Gasteiger partial charge in [-0.1, -0.05) is 38.0 Å². The molecule has 1 aliphatic heterocycles. The second kappa shape index (κ2) is 13.5. The van der Waals surface area contributed by atoms with Gasteiger partial charge < -0.3 is 30.1 Å². The Balaban J connectivity index is 1.52. The van der Waals surface area contributed by atoms with Crippen molar-refractivity contribution in [1.29, 1.82) is 0 Å². The van der Waals surface area contributed by atoms with Crippen LogP contribution in [0.4, 0.5) is 4.79 Å². The molecule has 0 radical (unpaired) electrons. The second-order valence-corrected chi connectivity index (χ2v) is 11.4. The van der Waals surface area contributed by atoms with Crippen LogP contribution in [0.2, 0.25) is 0 Å². The number of carboxylic acids is 1. The minimum Gasteiger partial charge on any atom is -0.481 e. The van der Waals surface area contributed by atoms with Crippen molar-refractivity contribution in [3.63, 3.8) is 0 Å². The van der Waals surface area contributed by atoms with Gasteiger partial charge in [-0.2, -0.15) is 0 Å². The summed E-state index contributed by atoms with van der Waals surface area (Å²) in [4.78, 5) is 42.9. The highest BCUT2D eigenvalue weighted by atomic mass is 32.1. The number of nitrogens with one attached hydrogen (secondary N) is 2. The van der Waals surface area contributed by atoms with E-state index in [1.807, 2.05) is 41.9 Å². The zero-order valence-corrected chi connectivity index (χ0v) is 23.6. The van der Waals surface area contributed by atoms with Gasteiger partial charge in [0, 0.05) is 9.75 Å². The van der Waals surface area contributed by atoms with Gasteiger partial charge in [0.05, 0.1) is 25.0 Å². The van der Waals surface area contributed by atoms with Gasteiger partial charge in [0.15, 0.2) is 11.5 Å². The molecule has 208 valence electrons. The van der Waals surface area contributed by atoms with Crippen molar-refractivity contribution in [3.8, 4) is 11.5 Å². The number of unbranched alkanes of at least 4 members (excludes halogenated alkanes) is 1. The van der Waals surface area contributed by atoms with Crippen LogP contribution in [0, 0.1) is 5.92 Å². The summed E-state index contributed by atoms with van der Waals surface area (Å²) in [5, 5.41) is 19.3. The van der Waals surface area contributed by atoms with Gasteiger partial charge in [-0.3, -0.25) is 9.59 Å². The first-order valence-corrected chi connectivity index (χ1v) is 14.6. The van der Waals surface area contributed by atoms with E-state index in [9.17, 15) is 19.5 Å². The molecule has 0 fully saturated rings. The molecule has 9 nitrogen and oxygen atoms in total. The predicted molar refractivity (Wildman–Crippen MR) is 150 cm³/mol. The third-order valence-corrected chi connectivity index (χ3v) is 8.27. The standard InChI is InChI=1S/C28H33N3O6S2/c1-3-4-9-22(26(32)31(15-20-7-5-12-38-20)16-21-8-6-13-39-21)29-28(35)30-25(18(2)27(33)34)19-10-11-23-24(14-19)37-17-36-23/h5-8,10-14,18,22,25H,3-4,9,15-17H2,1-2H3,(H,33,34)(H2,29,30,35)/t18?,22-,25+/m1/s1. The Bertz CT molecular complexity index is 1210. The molecule has 3 aromatic rings. The molecule has 4 rings (SSSR count). The molecule has 3 N–H and O–H groups in total. The average molecular weight is 572 g/mol. The zero-order chi connectivity index (χ0) is 27.8. The SMILES string of the molecule is CCCC[C@@H](NC(=O)N[C@H](c1ccc2c(c1)OCO2)C(C)C(=O)O)C(=O)N(Cc1cccs1)Cc1cccs1. The van der Waals surface area contributed by atoms with Crippen molar-refractivity contribution in [1.82, 2.24) is 15.5 Å². The quantitative estimate of drug-likeness (QED) is 0.253. The second-order valence-electron chi connectivity index (χ2n) is 9.38. The first-order chi connectivity index (χ1) is 18.9. The van der Waals surface area contributed by atoms with E-state index in [1.165, 1.54) is 6.92 Å². The summed E-state index contributed by atoms with van der Waals surface area (Å²) < 4.78 is 10.8. The predicted octanol–water partition coefficient (Wildman–Crippen LogP) is 5.39. The van der Waals surface area contributed by atoms with Crippen molar-refractivity contribution < 1.29 is 29.0 Å². The highest BCUT2D eigenvalue weighted by Gasteiger charge is 2.31. The number of hydrogen-bond acceptors (Lipinski definition) is 7. The van der Waals surface area contributed by atoms with E-state index in [0.29, 0.717) is 36.6 Å². The molecule has 1 aromatic carbocycles. The normalized spacial score (nSPS) is 14.3. The fourth-order valence-electron chi connectivity index (χ4n) is 4.37. The van der Waals surface area contributed by atoms with Crippen LogP contribution >= 0.6 is 22.7 Å². The van der Waals surface area contributed by atoms with Crippen LogP contribution < -0.4 is 20.1 Å². The Hall–Kier alpha value is -3.57. The van der Waals surface area contributed by atoms with E-state index in [4.69, 9.17) is 9.47 Å². The summed E-state index contributed by atoms with van der Waals surface area (Å²) in [7, 11) is 0. The molecular formula is C28H33N3O6S2. The van der Waals surface area contributed by atoms with E-state index < -0.39 is 30.0 Å². The number of benzene rings is 1. The number of ether oxygens (including phenoxy) is 2. The van der Waals surface area contributed by atoms with Gasteiger partial charge in [-0.05, 0) is 53.9 Å². The summed E-state index contributed by atoms with van der Waals surface area (Å²) in [5.74, 6) is -1.12. The highest BCUT2D eigenvalue weighted by Crippen LogP contribution is 2.36. The number of thiophene rings is 2. The Morgan fingerprint density at radius 2 is 1.67 bits per heavy atom. The molecular weight excluding hydrogens is 538 g/mol. The molecule has 3 heterocycles. The van der Waals surface area contributed by atoms with Gasteiger partial charge in [0.2, 0.25) is 12.7 Å². The number of carboxylic acid groups (broad SMARTS) is 1. The molecule has 0 saturated carbocycles. The maximum atomic E-state index is 13.8. The molecule has 3 atom stereocenters. The van der Waals surface area contributed by atoms with Crippen LogP contribution in [-0.2, 0) is 22.7 Å². The lowest BCUT2D eigenvalue weighted by atomic mass is 9.94. The van der Waals surface area contributed by atoms with Crippen molar-refractivity contribution in [2.45, 2.75) is 58.3 Å². The molecule has 0 bridgehead atoms. The van der Waals surface area contributed by atoms with Gasteiger partial charge in [-0.15, -0.1) is 22.7 Å². The lowest BCUT2D eigenvalue weighted by Gasteiger charge is -2.29. The minimum absolute atomic E-state index is 0.0838. The molecule has 0 aliphatic carbocycles. The molecule has 0 saturated heterocycles. The van der Waals surface area contributed by atoms with Crippen molar-refractivity contribution in [2.75, 3.05) is 6.79 Å². The Morgan fingerprint density at radius 1 is 1.00 bits per heavy atom. The van der Waals surface area contributed by atoms with Crippen LogP contribution in [0.1, 0.15) is 54.5 Å². The smallest absolute Gasteiger partial charge is 0.315 e. The average Bonchev–Trinajstić information content (AvgIpc) is 3.71. The lowest BCUT2D eigenvalue weighted by molar-refractivity contribution is -0.142. The monoisotopic (exact) mass is 571 g/mol. The third-order valence-electron chi connectivity index (χ3n) is 6.55. The number of aliphatic carboxylic acids is 1. The van der Waals surface area contributed by atoms with E-state index in [2.05, 4.69) is 10.6 Å². The molecule has 2 aromatic heterocycles. The van der Waals surface area contributed by atoms with E-state index in [-0.39, 0.29) is 12.7 Å². The molecule has 3 amide bonds. The Kier molecular flexibility index (Phi) is 9.83. The minimum atomic E-state index is -1.06. The van der Waals surface area contributed by atoms with Crippen molar-refractivity contribution in [2.24, 2.45) is 5.92 Å². The summed E-state index contributed by atoms with van der Waals surface area (Å²) in [6.45, 7) is 4.52. The number of fused-ring (bicyclic) bond motifs is 1. The summed E-state index contributed by atoms with van der Waals surface area (Å²) >= 11 is 3.16. The van der Waals surface area contributed by atoms with E-state index in [0.717, 1.165) is 22.6 Å². The van der Waals surface area contributed by atoms with Crippen molar-refractivity contribution >= 4 is 40.6 Å². The lowest BCUT2D eigenvalue weighted by Crippen LogP contribution is -2.52. The first kappa shape index (κ1) is 28.4. The van der Waals surface area contributed by atoms with Gasteiger partial charge in [-0.25, -0.2) is 4.79 Å². The summed E-state index contributed by atoms with van der Waals surface area (Å²) in [6, 6.07) is 10.7. The fourth-order valence-corrected chi connectivity index (χ4v) is 5.81. The summed E-state index contributed by atoms with van der Waals surface area (Å²) in [6.07, 6.45) is 2.08. The van der Waals surface area contributed by atoms with E-state index >= 15 is 0 Å². The largest absolute Gasteiger partial charge is 0.481 e. The number of rotatable bonds is 13. The van der Waals surface area contributed by atoms with Gasteiger partial charge in [0.1, 0.15) is 6.04 Å². The molecule has 11 heteroatoms. The Morgan fingerprint density at radius 3 is 2.26 bits per heavy atom. The van der Waals surface area contributed by atoms with E-state index in [1.54, 1.807) is 45.8 Å². The number of carbonyl (C=O) groups is 3. The van der Waals surface area contributed by atoms with Gasteiger partial charge in [0.25, 0.3) is 0 Å². The highest BCUT2D eigenvalue weighted by molar-refractivity contribution is 7.10. The van der Waals surface area contributed by atoms with Crippen LogP contribution in [0.25, 0.3) is 0 Å². The zero-order valence-electron chi connectivity index (χ0n) is 21.9. The first-order valence-electron chi connectivity index (χ1n) is 12.9. The van der Waals surface area contributed by atoms with Crippen LogP contribution in [-0.4, -0.2) is 40.7 Å². The van der Waals surface area contributed by atoms with Crippen LogP contribution in [0.15, 0.2) is 53.2 Å². The summed E-state index contributed by atoms with van der Waals surface area (Å²) in [5.41, 5.74) is 0.567. The maximum absolute atomic E-state index is 13.8. The molecule has 1 aliphatic rings. The fraction of sp³-hybridized carbons (Fsp3) is 0.393. The Labute approximate surface area is 235 Å². The number of hydrogen-bond donors (Lipinski definition) is 3. The van der Waals surface area contributed by atoms with Crippen LogP contribution in [0.5, 0.6) is 11.5 Å². The molecule has 0 spiro atoms. The maximum Gasteiger partial charge on any atom is 0.315 e. The number of nitrogens with zero attached hydrogens (tertiary/aromatic N) is 1. The third kappa shape index (κ3) is 7.51. The number of amides is 3. The molecule has 39 heavy (non-hydrogen) atoms. The van der Waals surface area contributed by atoms with Crippen LogP contribution in [0.3, 0.4) is 0 Å². The number of urea groups is 1. The number of carbonyl (C=O) groups excluding carboxylic acids is 2. The van der Waals surface area contributed by atoms with Crippen molar-refractivity contribution in [3.05, 3.63) is 68.5 Å². The van der Waals surface area contributed by atoms with Gasteiger partial charge >= 0.3 is 12.0 Å². The topological polar surface area (TPSA) is 117 Å². The molecule has 1 unspecified atom stereocenters.